The van der Waals surface area contributed by atoms with Gasteiger partial charge < -0.3 is 10.5 Å². The highest BCUT2D eigenvalue weighted by Gasteiger charge is 2.14. The van der Waals surface area contributed by atoms with Gasteiger partial charge in [0.25, 0.3) is 0 Å². The fourth-order valence-electron chi connectivity index (χ4n) is 2.37. The minimum atomic E-state index is 0.714. The molecule has 0 aliphatic rings. The van der Waals surface area contributed by atoms with Gasteiger partial charge in [-0.1, -0.05) is 18.2 Å². The summed E-state index contributed by atoms with van der Waals surface area (Å²) < 4.78 is 5.20. The second kappa shape index (κ2) is 5.28. The second-order valence-corrected chi connectivity index (χ2v) is 4.76. The maximum Gasteiger partial charge on any atom is 0.156 e. The number of benzene rings is 2. The number of rotatable bonds is 3. The molecule has 0 bridgehead atoms. The Labute approximate surface area is 122 Å². The minimum Gasteiger partial charge on any atom is -0.497 e. The number of nitrogens with one attached hydrogen (secondary N) is 1. The van der Waals surface area contributed by atoms with Crippen molar-refractivity contribution in [3.8, 4) is 28.3 Å². The second-order valence-electron chi connectivity index (χ2n) is 4.76. The van der Waals surface area contributed by atoms with Crippen molar-refractivity contribution < 1.29 is 4.74 Å². The van der Waals surface area contributed by atoms with Gasteiger partial charge in [0.2, 0.25) is 0 Å². The van der Waals surface area contributed by atoms with Crippen LogP contribution in [-0.4, -0.2) is 22.3 Å². The summed E-state index contributed by atoms with van der Waals surface area (Å²) in [5.41, 5.74) is 10.9. The number of hydrogen-bond donors (Lipinski definition) is 2. The molecule has 0 amide bonds. The van der Waals surface area contributed by atoms with E-state index >= 15 is 0 Å². The first kappa shape index (κ1) is 13.2. The Morgan fingerprint density at radius 3 is 2.48 bits per heavy atom. The fraction of sp³-hybridized carbons (Fsp3) is 0.125. The molecule has 0 spiro atoms. The van der Waals surface area contributed by atoms with E-state index in [2.05, 4.69) is 15.2 Å². The van der Waals surface area contributed by atoms with E-state index in [9.17, 15) is 0 Å². The van der Waals surface area contributed by atoms with E-state index in [-0.39, 0.29) is 0 Å². The number of anilines is 1. The van der Waals surface area contributed by atoms with Crippen LogP contribution in [-0.2, 0) is 0 Å². The average Bonchev–Trinajstić information content (AvgIpc) is 3.04. The quantitative estimate of drug-likeness (QED) is 0.723. The number of ether oxygens (including phenoxy) is 1. The van der Waals surface area contributed by atoms with Crippen molar-refractivity contribution in [2.75, 3.05) is 12.8 Å². The maximum atomic E-state index is 6.04. The summed E-state index contributed by atoms with van der Waals surface area (Å²) in [6.07, 6.45) is 1.50. The van der Waals surface area contributed by atoms with E-state index in [4.69, 9.17) is 10.5 Å². The van der Waals surface area contributed by atoms with Crippen molar-refractivity contribution in [2.45, 2.75) is 6.92 Å². The zero-order valence-corrected chi connectivity index (χ0v) is 11.9. The van der Waals surface area contributed by atoms with Crippen molar-refractivity contribution >= 4 is 5.69 Å². The Bertz CT molecular complexity index is 749. The van der Waals surface area contributed by atoms with Gasteiger partial charge in [0.05, 0.1) is 7.11 Å². The van der Waals surface area contributed by atoms with Gasteiger partial charge in [0.15, 0.2) is 5.82 Å². The number of H-pyrrole nitrogens is 1. The average molecular weight is 280 g/mol. The molecule has 5 heteroatoms. The van der Waals surface area contributed by atoms with Crippen molar-refractivity contribution in [2.24, 2.45) is 0 Å². The Morgan fingerprint density at radius 2 is 1.86 bits per heavy atom. The van der Waals surface area contributed by atoms with E-state index in [0.29, 0.717) is 5.82 Å². The van der Waals surface area contributed by atoms with Gasteiger partial charge >= 0.3 is 0 Å². The summed E-state index contributed by atoms with van der Waals surface area (Å²) in [6, 6.07) is 11.8. The molecule has 0 fully saturated rings. The standard InChI is InChI=1S/C16H16N4O/c1-10-14(17)8-7-13(15(10)16-18-9-19-20-16)11-3-5-12(21-2)6-4-11/h3-9H,17H2,1-2H3,(H,18,19,20). The predicted octanol–water partition coefficient (Wildman–Crippen LogP) is 3.04. The summed E-state index contributed by atoms with van der Waals surface area (Å²) >= 11 is 0. The van der Waals surface area contributed by atoms with Gasteiger partial charge in [-0.2, -0.15) is 5.10 Å². The van der Waals surface area contributed by atoms with Crippen molar-refractivity contribution in [3.63, 3.8) is 0 Å². The van der Waals surface area contributed by atoms with Crippen LogP contribution in [0.25, 0.3) is 22.5 Å². The van der Waals surface area contributed by atoms with Gasteiger partial charge in [-0.3, -0.25) is 5.10 Å². The first-order valence-corrected chi connectivity index (χ1v) is 6.60. The van der Waals surface area contributed by atoms with Crippen LogP contribution in [0.5, 0.6) is 5.75 Å². The summed E-state index contributed by atoms with van der Waals surface area (Å²) in [4.78, 5) is 4.26. The fourth-order valence-corrected chi connectivity index (χ4v) is 2.37. The van der Waals surface area contributed by atoms with E-state index in [0.717, 1.165) is 33.7 Å². The van der Waals surface area contributed by atoms with Crippen molar-refractivity contribution in [1.82, 2.24) is 15.2 Å². The molecule has 1 heterocycles. The molecule has 3 rings (SSSR count). The SMILES string of the molecule is COc1ccc(-c2ccc(N)c(C)c2-c2ncn[nH]2)cc1. The first-order chi connectivity index (χ1) is 10.2. The molecule has 2 aromatic carbocycles. The number of aromatic amines is 1. The topological polar surface area (TPSA) is 76.8 Å². The smallest absolute Gasteiger partial charge is 0.156 e. The van der Waals surface area contributed by atoms with E-state index in [1.807, 2.05) is 43.3 Å². The molecule has 0 atom stereocenters. The largest absolute Gasteiger partial charge is 0.497 e. The third-order valence-electron chi connectivity index (χ3n) is 3.56. The predicted molar refractivity (Wildman–Crippen MR) is 83.0 cm³/mol. The zero-order chi connectivity index (χ0) is 14.8. The zero-order valence-electron chi connectivity index (χ0n) is 11.9. The van der Waals surface area contributed by atoms with Gasteiger partial charge in [0, 0.05) is 11.3 Å². The number of methoxy groups -OCH3 is 1. The molecule has 0 radical (unpaired) electrons. The number of nitrogens with zero attached hydrogens (tertiary/aromatic N) is 2. The van der Waals surface area contributed by atoms with Crippen LogP contribution in [0, 0.1) is 6.92 Å². The summed E-state index contributed by atoms with van der Waals surface area (Å²) in [5.74, 6) is 1.54. The molecule has 3 aromatic rings. The molecule has 3 N–H and O–H groups in total. The van der Waals surface area contributed by atoms with Crippen LogP contribution < -0.4 is 10.5 Å². The number of nitrogens with two attached hydrogens (primary N) is 1. The molecule has 5 nitrogen and oxygen atoms in total. The van der Waals surface area contributed by atoms with Gasteiger partial charge in [-0.05, 0) is 41.8 Å². The summed E-state index contributed by atoms with van der Waals surface area (Å²) in [6.45, 7) is 1.99. The molecule has 0 unspecified atom stereocenters. The Kier molecular flexibility index (Phi) is 3.31. The van der Waals surface area contributed by atoms with Crippen LogP contribution >= 0.6 is 0 Å². The first-order valence-electron chi connectivity index (χ1n) is 6.60. The molecule has 106 valence electrons. The van der Waals surface area contributed by atoms with Crippen LogP contribution in [0.3, 0.4) is 0 Å². The molecule has 0 aliphatic carbocycles. The van der Waals surface area contributed by atoms with Crippen molar-refractivity contribution in [1.29, 1.82) is 0 Å². The monoisotopic (exact) mass is 280 g/mol. The van der Waals surface area contributed by atoms with Gasteiger partial charge in [0.1, 0.15) is 12.1 Å². The van der Waals surface area contributed by atoms with Crippen molar-refractivity contribution in [3.05, 3.63) is 48.3 Å². The molecule has 1 aromatic heterocycles. The lowest BCUT2D eigenvalue weighted by atomic mass is 9.94. The highest BCUT2D eigenvalue weighted by Crippen LogP contribution is 2.35. The third-order valence-corrected chi connectivity index (χ3v) is 3.56. The number of aromatic nitrogens is 3. The highest BCUT2D eigenvalue weighted by molar-refractivity contribution is 5.86. The molecule has 0 saturated carbocycles. The third kappa shape index (κ3) is 2.33. The normalized spacial score (nSPS) is 10.6. The summed E-state index contributed by atoms with van der Waals surface area (Å²) in [5, 5.41) is 6.85. The van der Waals surface area contributed by atoms with Crippen LogP contribution in [0.2, 0.25) is 0 Å². The molecule has 0 aliphatic heterocycles. The molecular weight excluding hydrogens is 264 g/mol. The molecule has 21 heavy (non-hydrogen) atoms. The minimum absolute atomic E-state index is 0.714. The van der Waals surface area contributed by atoms with Crippen LogP contribution in [0.15, 0.2) is 42.7 Å². The number of hydrogen-bond acceptors (Lipinski definition) is 4. The lowest BCUT2D eigenvalue weighted by Crippen LogP contribution is -1.97. The Morgan fingerprint density at radius 1 is 1.10 bits per heavy atom. The Hall–Kier alpha value is -2.82. The molecule has 0 saturated heterocycles. The van der Waals surface area contributed by atoms with Gasteiger partial charge in [-0.15, -0.1) is 0 Å². The van der Waals surface area contributed by atoms with Crippen LogP contribution in [0.1, 0.15) is 5.56 Å². The summed E-state index contributed by atoms with van der Waals surface area (Å²) in [7, 11) is 1.66. The maximum absolute atomic E-state index is 6.04. The van der Waals surface area contributed by atoms with Gasteiger partial charge in [-0.25, -0.2) is 4.98 Å². The number of nitrogen functional groups attached to an aromatic ring is 1. The van der Waals surface area contributed by atoms with Crippen LogP contribution in [0.4, 0.5) is 5.69 Å². The molecular formula is C16H16N4O. The van der Waals surface area contributed by atoms with E-state index in [1.54, 1.807) is 7.11 Å². The van der Waals surface area contributed by atoms with E-state index < -0.39 is 0 Å². The highest BCUT2D eigenvalue weighted by atomic mass is 16.5. The lowest BCUT2D eigenvalue weighted by molar-refractivity contribution is 0.415. The van der Waals surface area contributed by atoms with E-state index in [1.165, 1.54) is 6.33 Å². The lowest BCUT2D eigenvalue weighted by Gasteiger charge is -2.13. The Balaban J connectivity index is 2.20.